The third-order valence-electron chi connectivity index (χ3n) is 3.49. The second-order valence-corrected chi connectivity index (χ2v) is 5.57. The molecule has 25 heavy (non-hydrogen) atoms. The topological polar surface area (TPSA) is 84.3 Å². The molecule has 0 radical (unpaired) electrons. The first-order valence-electron chi connectivity index (χ1n) is 7.48. The Morgan fingerprint density at radius 1 is 1.28 bits per heavy atom. The van der Waals surface area contributed by atoms with Crippen molar-refractivity contribution in [2.24, 2.45) is 5.10 Å². The molecule has 8 heteroatoms. The molecule has 130 valence electrons. The summed E-state index contributed by atoms with van der Waals surface area (Å²) >= 11 is 5.17. The summed E-state index contributed by atoms with van der Waals surface area (Å²) < 4.78 is 15.7. The molecule has 1 heterocycles. The highest BCUT2D eigenvalue weighted by atomic mass is 32.1. The number of phenolic OH excluding ortho intramolecular Hbond substituents is 1. The monoisotopic (exact) mass is 359 g/mol. The maximum atomic E-state index is 9.78. The van der Waals surface area contributed by atoms with Crippen LogP contribution in [-0.2, 0) is 6.54 Å². The van der Waals surface area contributed by atoms with E-state index in [9.17, 15) is 5.11 Å². The van der Waals surface area contributed by atoms with E-state index in [2.05, 4.69) is 15.8 Å². The van der Waals surface area contributed by atoms with Crippen molar-refractivity contribution in [1.82, 2.24) is 10.7 Å². The van der Waals surface area contributed by atoms with Gasteiger partial charge in [0, 0.05) is 12.1 Å². The SMILES string of the molecule is COc1ccc(O)c(/C=N/NC(=S)NCc2ccc3c(c2)OCO3)c1. The Kier molecular flexibility index (Phi) is 5.20. The zero-order valence-corrected chi connectivity index (χ0v) is 14.3. The lowest BCUT2D eigenvalue weighted by atomic mass is 10.2. The molecule has 1 aliphatic heterocycles. The largest absolute Gasteiger partial charge is 0.507 e. The first-order valence-corrected chi connectivity index (χ1v) is 7.89. The number of rotatable bonds is 5. The molecule has 2 aromatic carbocycles. The van der Waals surface area contributed by atoms with Gasteiger partial charge in [-0.1, -0.05) is 6.07 Å². The van der Waals surface area contributed by atoms with Gasteiger partial charge in [-0.3, -0.25) is 5.43 Å². The summed E-state index contributed by atoms with van der Waals surface area (Å²) in [6.45, 7) is 0.764. The summed E-state index contributed by atoms with van der Waals surface area (Å²) in [6, 6.07) is 10.6. The van der Waals surface area contributed by atoms with Crippen molar-refractivity contribution < 1.29 is 19.3 Å². The van der Waals surface area contributed by atoms with E-state index in [1.54, 1.807) is 19.2 Å². The molecule has 0 atom stereocenters. The van der Waals surface area contributed by atoms with Gasteiger partial charge >= 0.3 is 0 Å². The number of fused-ring (bicyclic) bond motifs is 1. The van der Waals surface area contributed by atoms with Crippen molar-refractivity contribution in [2.45, 2.75) is 6.54 Å². The number of methoxy groups -OCH3 is 1. The lowest BCUT2D eigenvalue weighted by Crippen LogP contribution is -2.31. The molecule has 0 unspecified atom stereocenters. The number of benzene rings is 2. The van der Waals surface area contributed by atoms with Gasteiger partial charge in [0.05, 0.1) is 13.3 Å². The van der Waals surface area contributed by atoms with Gasteiger partial charge in [0.2, 0.25) is 6.79 Å². The molecule has 2 aromatic rings. The quantitative estimate of drug-likeness (QED) is 0.428. The minimum Gasteiger partial charge on any atom is -0.507 e. The highest BCUT2D eigenvalue weighted by Crippen LogP contribution is 2.32. The van der Waals surface area contributed by atoms with Crippen LogP contribution in [-0.4, -0.2) is 30.3 Å². The van der Waals surface area contributed by atoms with E-state index in [4.69, 9.17) is 26.4 Å². The summed E-state index contributed by atoms with van der Waals surface area (Å²) in [5, 5.41) is 17.2. The second-order valence-electron chi connectivity index (χ2n) is 5.17. The average Bonchev–Trinajstić information content (AvgIpc) is 3.09. The predicted molar refractivity (Wildman–Crippen MR) is 97.4 cm³/mol. The third kappa shape index (κ3) is 4.30. The average molecular weight is 359 g/mol. The van der Waals surface area contributed by atoms with Gasteiger partial charge in [-0.15, -0.1) is 0 Å². The number of thiocarbonyl (C=S) groups is 1. The molecule has 1 aliphatic rings. The molecule has 0 spiro atoms. The molecule has 0 fully saturated rings. The van der Waals surface area contributed by atoms with Crippen LogP contribution in [0.1, 0.15) is 11.1 Å². The van der Waals surface area contributed by atoms with Crippen molar-refractivity contribution >= 4 is 23.5 Å². The number of hydrazone groups is 1. The van der Waals surface area contributed by atoms with Crippen molar-refractivity contribution in [3.63, 3.8) is 0 Å². The fourth-order valence-corrected chi connectivity index (χ4v) is 2.32. The van der Waals surface area contributed by atoms with E-state index < -0.39 is 0 Å². The van der Waals surface area contributed by atoms with E-state index in [1.807, 2.05) is 18.2 Å². The van der Waals surface area contributed by atoms with Gasteiger partial charge < -0.3 is 24.6 Å². The Labute approximate surface area is 150 Å². The second kappa shape index (κ2) is 7.71. The van der Waals surface area contributed by atoms with E-state index in [-0.39, 0.29) is 12.5 Å². The van der Waals surface area contributed by atoms with Gasteiger partial charge in [-0.05, 0) is 48.1 Å². The summed E-state index contributed by atoms with van der Waals surface area (Å²) in [5.74, 6) is 2.20. The Morgan fingerprint density at radius 3 is 2.96 bits per heavy atom. The van der Waals surface area contributed by atoms with Crippen LogP contribution in [0.4, 0.5) is 0 Å². The fourth-order valence-electron chi connectivity index (χ4n) is 2.20. The summed E-state index contributed by atoms with van der Waals surface area (Å²) in [6.07, 6.45) is 1.46. The number of ether oxygens (including phenoxy) is 3. The minimum absolute atomic E-state index is 0.102. The molecule has 0 saturated carbocycles. The number of aromatic hydroxyl groups is 1. The van der Waals surface area contributed by atoms with Gasteiger partial charge in [0.15, 0.2) is 16.6 Å². The fraction of sp³-hybridized carbons (Fsp3) is 0.176. The van der Waals surface area contributed by atoms with Gasteiger partial charge in [-0.2, -0.15) is 5.10 Å². The Hall–Kier alpha value is -3.00. The van der Waals surface area contributed by atoms with Gasteiger partial charge in [-0.25, -0.2) is 0 Å². The summed E-state index contributed by atoms with van der Waals surface area (Å²) in [4.78, 5) is 0. The van der Waals surface area contributed by atoms with Crippen LogP contribution in [0.15, 0.2) is 41.5 Å². The van der Waals surface area contributed by atoms with Crippen LogP contribution in [0.2, 0.25) is 0 Å². The highest BCUT2D eigenvalue weighted by Gasteiger charge is 2.12. The molecule has 0 saturated heterocycles. The Morgan fingerprint density at radius 2 is 2.12 bits per heavy atom. The number of nitrogens with zero attached hydrogens (tertiary/aromatic N) is 1. The maximum absolute atomic E-state index is 9.78. The molecular formula is C17H17N3O4S. The van der Waals surface area contributed by atoms with Gasteiger partial charge in [0.1, 0.15) is 11.5 Å². The molecular weight excluding hydrogens is 342 g/mol. The summed E-state index contributed by atoms with van der Waals surface area (Å²) in [7, 11) is 1.56. The van der Waals surface area contributed by atoms with Crippen LogP contribution in [0.3, 0.4) is 0 Å². The number of nitrogens with one attached hydrogen (secondary N) is 2. The van der Waals surface area contributed by atoms with Crippen molar-refractivity contribution in [3.05, 3.63) is 47.5 Å². The summed E-state index contributed by atoms with van der Waals surface area (Å²) in [5.41, 5.74) is 4.22. The van der Waals surface area contributed by atoms with Crippen molar-refractivity contribution in [3.8, 4) is 23.0 Å². The normalized spacial score (nSPS) is 12.2. The molecule has 3 N–H and O–H groups in total. The molecule has 3 rings (SSSR count). The number of hydrogen-bond acceptors (Lipinski definition) is 6. The van der Waals surface area contributed by atoms with E-state index in [1.165, 1.54) is 12.3 Å². The maximum Gasteiger partial charge on any atom is 0.231 e. The van der Waals surface area contributed by atoms with Crippen molar-refractivity contribution in [1.29, 1.82) is 0 Å². The lowest BCUT2D eigenvalue weighted by Gasteiger charge is -2.08. The Bertz CT molecular complexity index is 810. The molecule has 7 nitrogen and oxygen atoms in total. The molecule has 0 bridgehead atoms. The van der Waals surface area contributed by atoms with Crippen LogP contribution >= 0.6 is 12.2 Å². The highest BCUT2D eigenvalue weighted by molar-refractivity contribution is 7.80. The van der Waals surface area contributed by atoms with Gasteiger partial charge in [0.25, 0.3) is 0 Å². The molecule has 0 aliphatic carbocycles. The van der Waals surface area contributed by atoms with Crippen LogP contribution < -0.4 is 25.0 Å². The number of phenols is 1. The van der Waals surface area contributed by atoms with Crippen LogP contribution in [0.5, 0.6) is 23.0 Å². The van der Waals surface area contributed by atoms with E-state index >= 15 is 0 Å². The Balaban J connectivity index is 1.51. The van der Waals surface area contributed by atoms with Crippen LogP contribution in [0, 0.1) is 0 Å². The first kappa shape index (κ1) is 16.8. The smallest absolute Gasteiger partial charge is 0.231 e. The number of hydrogen-bond donors (Lipinski definition) is 3. The predicted octanol–water partition coefficient (Wildman–Crippen LogP) is 2.13. The minimum atomic E-state index is 0.102. The third-order valence-corrected chi connectivity index (χ3v) is 3.73. The lowest BCUT2D eigenvalue weighted by molar-refractivity contribution is 0.174. The van der Waals surface area contributed by atoms with E-state index in [0.29, 0.717) is 23.0 Å². The van der Waals surface area contributed by atoms with Crippen LogP contribution in [0.25, 0.3) is 0 Å². The molecule has 0 aromatic heterocycles. The standard InChI is InChI=1S/C17H17N3O4S/c1-22-13-3-4-14(21)12(7-13)9-19-20-17(25)18-8-11-2-5-15-16(6-11)24-10-23-15/h2-7,9,21H,8,10H2,1H3,(H2,18,20,25)/b19-9+. The first-order chi connectivity index (χ1) is 12.2. The van der Waals surface area contributed by atoms with Crippen molar-refractivity contribution in [2.75, 3.05) is 13.9 Å². The molecule has 0 amide bonds. The van der Waals surface area contributed by atoms with E-state index in [0.717, 1.165) is 17.1 Å². The zero-order chi connectivity index (χ0) is 17.6. The zero-order valence-electron chi connectivity index (χ0n) is 13.5.